The number of hydrogen-bond donors (Lipinski definition) is 2. The number of nitrogens with zero attached hydrogens (tertiary/aromatic N) is 2. The normalized spacial score (nSPS) is 13.6. The summed E-state index contributed by atoms with van der Waals surface area (Å²) >= 11 is 0. The van der Waals surface area contributed by atoms with Crippen molar-refractivity contribution in [2.24, 2.45) is 11.3 Å². The van der Waals surface area contributed by atoms with Gasteiger partial charge in [-0.1, -0.05) is 27.7 Å². The first-order valence-electron chi connectivity index (χ1n) is 5.22. The summed E-state index contributed by atoms with van der Waals surface area (Å²) in [6, 6.07) is 1.68. The van der Waals surface area contributed by atoms with Gasteiger partial charge in [0.1, 0.15) is 5.82 Å². The number of nitrogens with two attached hydrogens (primary N) is 1. The summed E-state index contributed by atoms with van der Waals surface area (Å²) in [7, 11) is 0. The van der Waals surface area contributed by atoms with E-state index in [1.54, 1.807) is 12.3 Å². The van der Waals surface area contributed by atoms with E-state index in [2.05, 4.69) is 43.0 Å². The van der Waals surface area contributed by atoms with Gasteiger partial charge < -0.3 is 11.1 Å². The number of nitrogens with one attached hydrogen (secondary N) is 1. The van der Waals surface area contributed by atoms with Crippen molar-refractivity contribution in [2.75, 3.05) is 17.6 Å². The first-order valence-corrected chi connectivity index (χ1v) is 5.22. The molecule has 0 aromatic carbocycles. The lowest BCUT2D eigenvalue weighted by molar-refractivity contribution is 0.274. The van der Waals surface area contributed by atoms with E-state index in [1.807, 2.05) is 0 Å². The SMILES string of the molecule is CC(CNc1nccc(N)n1)C(C)(C)C. The van der Waals surface area contributed by atoms with Crippen LogP contribution in [0, 0.1) is 11.3 Å². The smallest absolute Gasteiger partial charge is 0.224 e. The Balaban J connectivity index is 2.51. The molecule has 0 saturated carbocycles. The summed E-state index contributed by atoms with van der Waals surface area (Å²) in [6.07, 6.45) is 1.66. The number of anilines is 2. The maximum absolute atomic E-state index is 5.56. The highest BCUT2D eigenvalue weighted by Gasteiger charge is 2.19. The van der Waals surface area contributed by atoms with Crippen LogP contribution in [0.15, 0.2) is 12.3 Å². The van der Waals surface area contributed by atoms with E-state index < -0.39 is 0 Å². The van der Waals surface area contributed by atoms with Crippen molar-refractivity contribution in [1.82, 2.24) is 9.97 Å². The van der Waals surface area contributed by atoms with Crippen molar-refractivity contribution in [3.63, 3.8) is 0 Å². The molecule has 0 radical (unpaired) electrons. The molecule has 1 heterocycles. The Kier molecular flexibility index (Phi) is 3.50. The number of nitrogen functional groups attached to an aromatic ring is 1. The summed E-state index contributed by atoms with van der Waals surface area (Å²) in [5.41, 5.74) is 5.84. The predicted molar refractivity (Wildman–Crippen MR) is 63.6 cm³/mol. The number of hydrogen-bond acceptors (Lipinski definition) is 4. The second-order valence-electron chi connectivity index (χ2n) is 4.95. The average molecular weight is 208 g/mol. The van der Waals surface area contributed by atoms with Crippen LogP contribution in [0.4, 0.5) is 11.8 Å². The topological polar surface area (TPSA) is 63.8 Å². The Morgan fingerprint density at radius 3 is 2.67 bits per heavy atom. The zero-order valence-electron chi connectivity index (χ0n) is 9.91. The summed E-state index contributed by atoms with van der Waals surface area (Å²) in [5, 5.41) is 3.19. The van der Waals surface area contributed by atoms with Gasteiger partial charge in [-0.15, -0.1) is 0 Å². The highest BCUT2D eigenvalue weighted by Crippen LogP contribution is 2.25. The molecule has 4 nitrogen and oxygen atoms in total. The molecular formula is C11H20N4. The molecule has 1 rings (SSSR count). The molecule has 1 aromatic heterocycles. The van der Waals surface area contributed by atoms with Gasteiger partial charge in [-0.3, -0.25) is 0 Å². The second kappa shape index (κ2) is 4.47. The van der Waals surface area contributed by atoms with E-state index in [1.165, 1.54) is 0 Å². The van der Waals surface area contributed by atoms with Gasteiger partial charge in [0.2, 0.25) is 5.95 Å². The molecule has 0 bridgehead atoms. The lowest BCUT2D eigenvalue weighted by Gasteiger charge is -2.27. The maximum atomic E-state index is 5.56. The third kappa shape index (κ3) is 3.73. The average Bonchev–Trinajstić information content (AvgIpc) is 2.12. The molecule has 3 N–H and O–H groups in total. The molecule has 0 aliphatic carbocycles. The molecule has 1 unspecified atom stereocenters. The van der Waals surface area contributed by atoms with Crippen molar-refractivity contribution in [3.05, 3.63) is 12.3 Å². The number of rotatable bonds is 3. The quantitative estimate of drug-likeness (QED) is 0.799. The molecule has 84 valence electrons. The van der Waals surface area contributed by atoms with Crippen LogP contribution in [0.3, 0.4) is 0 Å². The Hall–Kier alpha value is -1.32. The highest BCUT2D eigenvalue weighted by atomic mass is 15.1. The van der Waals surface area contributed by atoms with Gasteiger partial charge in [0.25, 0.3) is 0 Å². The van der Waals surface area contributed by atoms with Gasteiger partial charge in [0.15, 0.2) is 0 Å². The predicted octanol–water partition coefficient (Wildman–Crippen LogP) is 2.15. The van der Waals surface area contributed by atoms with Crippen molar-refractivity contribution >= 4 is 11.8 Å². The van der Waals surface area contributed by atoms with E-state index in [0.717, 1.165) is 6.54 Å². The third-order valence-corrected chi connectivity index (χ3v) is 2.72. The number of aromatic nitrogens is 2. The molecule has 0 aliphatic rings. The molecule has 4 heteroatoms. The zero-order chi connectivity index (χ0) is 11.5. The third-order valence-electron chi connectivity index (χ3n) is 2.72. The summed E-state index contributed by atoms with van der Waals surface area (Å²) in [5.74, 6) is 1.64. The molecule has 0 spiro atoms. The molecular weight excluding hydrogens is 188 g/mol. The summed E-state index contributed by atoms with van der Waals surface area (Å²) in [6.45, 7) is 9.73. The minimum atomic E-state index is 0.285. The van der Waals surface area contributed by atoms with E-state index in [0.29, 0.717) is 17.7 Å². The minimum Gasteiger partial charge on any atom is -0.384 e. The van der Waals surface area contributed by atoms with Crippen LogP contribution < -0.4 is 11.1 Å². The van der Waals surface area contributed by atoms with Gasteiger partial charge in [0.05, 0.1) is 0 Å². The van der Waals surface area contributed by atoms with E-state index in [-0.39, 0.29) is 5.41 Å². The maximum Gasteiger partial charge on any atom is 0.224 e. The van der Waals surface area contributed by atoms with Gasteiger partial charge in [0, 0.05) is 12.7 Å². The molecule has 1 atom stereocenters. The van der Waals surface area contributed by atoms with E-state index >= 15 is 0 Å². The van der Waals surface area contributed by atoms with Crippen LogP contribution in [0.25, 0.3) is 0 Å². The van der Waals surface area contributed by atoms with Crippen LogP contribution in [0.5, 0.6) is 0 Å². The fraction of sp³-hybridized carbons (Fsp3) is 0.636. The fourth-order valence-electron chi connectivity index (χ4n) is 1.01. The molecule has 1 aromatic rings. The van der Waals surface area contributed by atoms with Crippen molar-refractivity contribution in [1.29, 1.82) is 0 Å². The summed E-state index contributed by atoms with van der Waals surface area (Å²) in [4.78, 5) is 8.17. The van der Waals surface area contributed by atoms with E-state index in [9.17, 15) is 0 Å². The molecule has 0 saturated heterocycles. The first kappa shape index (κ1) is 11.8. The molecule has 15 heavy (non-hydrogen) atoms. The Morgan fingerprint density at radius 1 is 1.47 bits per heavy atom. The van der Waals surface area contributed by atoms with E-state index in [4.69, 9.17) is 5.73 Å². The van der Waals surface area contributed by atoms with Crippen LogP contribution >= 0.6 is 0 Å². The van der Waals surface area contributed by atoms with Crippen molar-refractivity contribution in [3.8, 4) is 0 Å². The van der Waals surface area contributed by atoms with Gasteiger partial charge in [-0.05, 0) is 17.4 Å². The van der Waals surface area contributed by atoms with Crippen LogP contribution in [-0.4, -0.2) is 16.5 Å². The minimum absolute atomic E-state index is 0.285. The van der Waals surface area contributed by atoms with Crippen molar-refractivity contribution < 1.29 is 0 Å². The monoisotopic (exact) mass is 208 g/mol. The largest absolute Gasteiger partial charge is 0.384 e. The van der Waals surface area contributed by atoms with Crippen molar-refractivity contribution in [2.45, 2.75) is 27.7 Å². The Bertz CT molecular complexity index is 317. The van der Waals surface area contributed by atoms with Gasteiger partial charge in [-0.2, -0.15) is 4.98 Å². The lowest BCUT2D eigenvalue weighted by atomic mass is 9.82. The molecule has 0 fully saturated rings. The standard InChI is InChI=1S/C11H20N4/c1-8(11(2,3)4)7-14-10-13-6-5-9(12)15-10/h5-6,8H,7H2,1-4H3,(H3,12,13,14,15). The first-order chi connectivity index (χ1) is 6.89. The van der Waals surface area contributed by atoms with Crippen LogP contribution in [0.1, 0.15) is 27.7 Å². The van der Waals surface area contributed by atoms with Crippen LogP contribution in [0.2, 0.25) is 0 Å². The molecule has 0 aliphatic heterocycles. The lowest BCUT2D eigenvalue weighted by Crippen LogP contribution is -2.25. The highest BCUT2D eigenvalue weighted by molar-refractivity contribution is 5.34. The second-order valence-corrected chi connectivity index (χ2v) is 4.95. The Labute approximate surface area is 91.3 Å². The van der Waals surface area contributed by atoms with Crippen LogP contribution in [-0.2, 0) is 0 Å². The van der Waals surface area contributed by atoms with Gasteiger partial charge >= 0.3 is 0 Å². The molecule has 0 amide bonds. The zero-order valence-corrected chi connectivity index (χ0v) is 9.91. The Morgan fingerprint density at radius 2 is 2.13 bits per heavy atom. The summed E-state index contributed by atoms with van der Waals surface area (Å²) < 4.78 is 0. The van der Waals surface area contributed by atoms with Gasteiger partial charge in [-0.25, -0.2) is 4.98 Å². The fourth-order valence-corrected chi connectivity index (χ4v) is 1.01.